The number of anilines is 1. The van der Waals surface area contributed by atoms with Crippen molar-refractivity contribution >= 4 is 46.4 Å². The van der Waals surface area contributed by atoms with Crippen LogP contribution < -0.4 is 20.9 Å². The van der Waals surface area contributed by atoms with E-state index in [4.69, 9.17) is 34.5 Å². The van der Waals surface area contributed by atoms with Gasteiger partial charge in [-0.15, -0.1) is 0 Å². The molecule has 0 aromatic carbocycles. The average molecular weight is 725 g/mol. The molecule has 0 aliphatic carbocycles. The highest BCUT2D eigenvalue weighted by molar-refractivity contribution is 7.60. The van der Waals surface area contributed by atoms with Crippen LogP contribution in [0.1, 0.15) is 22.8 Å². The fraction of sp³-hybridized carbons (Fsp3) is 0.476. The van der Waals surface area contributed by atoms with Gasteiger partial charge in [-0.05, 0) is 6.07 Å². The number of phosphoric acid groups is 3. The zero-order valence-corrected chi connectivity index (χ0v) is 26.1. The molecule has 256 valence electrons. The van der Waals surface area contributed by atoms with Crippen LogP contribution >= 0.6 is 23.5 Å². The summed E-state index contributed by atoms with van der Waals surface area (Å²) in [6.07, 6.45) is -6.38. The summed E-state index contributed by atoms with van der Waals surface area (Å²) < 4.78 is 74.8. The number of aliphatic hydroxyl groups is 2. The summed E-state index contributed by atoms with van der Waals surface area (Å²) in [5.41, 5.74) is 11.4. The van der Waals surface area contributed by atoms with Crippen molar-refractivity contribution in [1.29, 1.82) is 0 Å². The van der Waals surface area contributed by atoms with Gasteiger partial charge in [0.1, 0.15) is 47.9 Å². The number of hydrogen-bond acceptors (Lipinski definition) is 18. The van der Waals surface area contributed by atoms with Crippen molar-refractivity contribution in [3.63, 3.8) is 0 Å². The number of aromatic nitrogens is 5. The number of nitrogen functional groups attached to an aromatic ring is 1. The number of carbonyl (C=O) groups is 1. The molecule has 3 aliphatic rings. The zero-order chi connectivity index (χ0) is 33.9. The Kier molecular flexibility index (Phi) is 9.11. The maximum Gasteiger partial charge on any atom is 0.478 e. The first kappa shape index (κ1) is 34.1. The molecule has 26 heteroatoms. The van der Waals surface area contributed by atoms with E-state index >= 15 is 0 Å². The van der Waals surface area contributed by atoms with Gasteiger partial charge in [-0.2, -0.15) is 4.57 Å². The van der Waals surface area contributed by atoms with E-state index in [1.54, 1.807) is 0 Å². The highest BCUT2D eigenvalue weighted by atomic mass is 31.3. The zero-order valence-electron chi connectivity index (χ0n) is 23.4. The smallest absolute Gasteiger partial charge is 0.478 e. The van der Waals surface area contributed by atoms with Crippen molar-refractivity contribution in [2.24, 2.45) is 5.73 Å². The van der Waals surface area contributed by atoms with Gasteiger partial charge < -0.3 is 50.4 Å². The Bertz CT molecular complexity index is 1830. The normalized spacial score (nSPS) is 34.7. The highest BCUT2D eigenvalue weighted by Gasteiger charge is 2.58. The summed E-state index contributed by atoms with van der Waals surface area (Å²) in [4.78, 5) is 55.9. The van der Waals surface area contributed by atoms with Crippen LogP contribution in [0.25, 0.3) is 11.2 Å². The van der Waals surface area contributed by atoms with Gasteiger partial charge in [0.2, 0.25) is 0 Å². The van der Waals surface area contributed by atoms with E-state index in [-0.39, 0.29) is 22.5 Å². The number of nitrogens with zero attached hydrogens (tertiary/aromatic N) is 5. The molecule has 3 aromatic heterocycles. The second-order valence-electron chi connectivity index (χ2n) is 10.3. The van der Waals surface area contributed by atoms with Crippen LogP contribution in [0.5, 0.6) is 0 Å². The van der Waals surface area contributed by atoms with Crippen LogP contribution in [0.2, 0.25) is 0 Å². The molecule has 3 aromatic rings. The fourth-order valence-corrected chi connectivity index (χ4v) is 8.31. The SMILES string of the molecule is NC(=O)c1ccc[n+](C2OC(COP(=O)(O)OP(=O)([O-])OCC3OC(n4cnc5c(N)ncnc54)C4OP(=O)(O)OC34)C(O)C2O)c1. The number of ether oxygens (including phenoxy) is 2. The van der Waals surface area contributed by atoms with Crippen molar-refractivity contribution in [1.82, 2.24) is 19.5 Å². The lowest BCUT2D eigenvalue weighted by Crippen LogP contribution is -2.46. The lowest BCUT2D eigenvalue weighted by molar-refractivity contribution is -0.765. The molecule has 23 nitrogen and oxygen atoms in total. The maximum absolute atomic E-state index is 12.5. The molecule has 11 unspecified atom stereocenters. The third kappa shape index (κ3) is 7.01. The van der Waals surface area contributed by atoms with Crippen LogP contribution in [-0.2, 0) is 45.6 Å². The Labute approximate surface area is 262 Å². The van der Waals surface area contributed by atoms with E-state index in [9.17, 15) is 43.4 Å². The molecule has 0 spiro atoms. The molecular formula is C21H26N7O16P3. The molecule has 8 N–H and O–H groups in total. The minimum atomic E-state index is -5.68. The summed E-state index contributed by atoms with van der Waals surface area (Å²) >= 11 is 0. The number of hydrogen-bond donors (Lipinski definition) is 6. The molecule has 3 saturated heterocycles. The van der Waals surface area contributed by atoms with Gasteiger partial charge in [0.15, 0.2) is 36.2 Å². The first-order valence-electron chi connectivity index (χ1n) is 13.3. The lowest BCUT2D eigenvalue weighted by atomic mass is 10.1. The third-order valence-electron chi connectivity index (χ3n) is 7.20. The Balaban J connectivity index is 1.08. The van der Waals surface area contributed by atoms with Gasteiger partial charge in [-0.1, -0.05) is 0 Å². The van der Waals surface area contributed by atoms with E-state index in [1.165, 1.54) is 40.0 Å². The first-order valence-corrected chi connectivity index (χ1v) is 17.7. The van der Waals surface area contributed by atoms with E-state index < -0.39 is 91.7 Å². The van der Waals surface area contributed by atoms with Crippen LogP contribution in [-0.4, -0.2) is 95.3 Å². The predicted molar refractivity (Wildman–Crippen MR) is 145 cm³/mol. The monoisotopic (exact) mass is 725 g/mol. The van der Waals surface area contributed by atoms with Gasteiger partial charge in [-0.25, -0.2) is 28.4 Å². The number of amides is 1. The maximum atomic E-state index is 12.5. The standard InChI is InChI=1S/C21H26N7O16P3/c22-17-12-19(25-7-24-17)28(8-26-12)21-16-15(42-47(36,37)43-16)11(41-21)6-39-46(34,35)44-45(32,33)38-5-10-13(29)14(30)20(40-10)27-3-1-2-9(4-27)18(23)31/h1-4,7-8,10-11,13-16,20-21,29-30H,5-6H2,(H6-,22,23,24,25,31,32,33,34,35,36,37). The fourth-order valence-electron chi connectivity index (χ4n) is 5.11. The Morgan fingerprint density at radius 2 is 1.83 bits per heavy atom. The van der Waals surface area contributed by atoms with Crippen LogP contribution in [0, 0.1) is 0 Å². The number of aliphatic hydroxyl groups excluding tert-OH is 2. The van der Waals surface area contributed by atoms with Crippen LogP contribution in [0.15, 0.2) is 37.2 Å². The Hall–Kier alpha value is -2.82. The third-order valence-corrected chi connectivity index (χ3v) is 10.8. The van der Waals surface area contributed by atoms with Gasteiger partial charge in [-0.3, -0.25) is 27.5 Å². The Morgan fingerprint density at radius 3 is 2.57 bits per heavy atom. The molecular weight excluding hydrogens is 699 g/mol. The van der Waals surface area contributed by atoms with Crippen molar-refractivity contribution in [2.75, 3.05) is 18.9 Å². The molecule has 11 atom stereocenters. The summed E-state index contributed by atoms with van der Waals surface area (Å²) in [7, 11) is -15.8. The minimum Gasteiger partial charge on any atom is -0.756 e. The number of primary amides is 1. The quantitative estimate of drug-likeness (QED) is 0.0879. The average Bonchev–Trinajstić information content (AvgIpc) is 3.72. The van der Waals surface area contributed by atoms with Crippen molar-refractivity contribution in [3.05, 3.63) is 42.7 Å². The van der Waals surface area contributed by atoms with Crippen molar-refractivity contribution in [2.45, 2.75) is 49.1 Å². The number of imidazole rings is 1. The number of nitrogens with two attached hydrogens (primary N) is 2. The van der Waals surface area contributed by atoms with E-state index in [0.717, 1.165) is 6.33 Å². The second-order valence-corrected chi connectivity index (χ2v) is 14.7. The highest BCUT2D eigenvalue weighted by Crippen LogP contribution is 2.61. The lowest BCUT2D eigenvalue weighted by Gasteiger charge is -2.27. The number of pyridine rings is 1. The summed E-state index contributed by atoms with van der Waals surface area (Å²) in [6, 6.07) is 2.81. The molecule has 3 fully saturated rings. The Morgan fingerprint density at radius 1 is 1.11 bits per heavy atom. The van der Waals surface area contributed by atoms with Crippen LogP contribution in [0.3, 0.4) is 0 Å². The van der Waals surface area contributed by atoms with Gasteiger partial charge in [0.05, 0.1) is 19.5 Å². The predicted octanol–water partition coefficient (Wildman–Crippen LogP) is -2.49. The van der Waals surface area contributed by atoms with Gasteiger partial charge >= 0.3 is 15.6 Å². The van der Waals surface area contributed by atoms with Crippen LogP contribution in [0.4, 0.5) is 5.82 Å². The van der Waals surface area contributed by atoms with Gasteiger partial charge in [0.25, 0.3) is 20.0 Å². The summed E-state index contributed by atoms with van der Waals surface area (Å²) in [5.74, 6) is -0.752. The summed E-state index contributed by atoms with van der Waals surface area (Å²) in [6.45, 7) is -1.90. The molecule has 47 heavy (non-hydrogen) atoms. The topological polar surface area (TPSA) is 336 Å². The van der Waals surface area contributed by atoms with Crippen molar-refractivity contribution < 1.29 is 79.8 Å². The minimum absolute atomic E-state index is 0.0265. The molecule has 0 saturated carbocycles. The summed E-state index contributed by atoms with van der Waals surface area (Å²) in [5, 5.41) is 20.8. The molecule has 0 radical (unpaired) electrons. The number of rotatable bonds is 11. The molecule has 3 aliphatic heterocycles. The van der Waals surface area contributed by atoms with E-state index in [1.807, 2.05) is 0 Å². The number of carbonyl (C=O) groups excluding carboxylic acids is 1. The molecule has 6 heterocycles. The number of phosphoric ester groups is 3. The van der Waals surface area contributed by atoms with E-state index in [0.29, 0.717) is 0 Å². The van der Waals surface area contributed by atoms with E-state index in [2.05, 4.69) is 23.8 Å². The molecule has 6 rings (SSSR count). The first-order chi connectivity index (χ1) is 22.0. The largest absolute Gasteiger partial charge is 0.756 e. The number of fused-ring (bicyclic) bond motifs is 2. The van der Waals surface area contributed by atoms with Crippen molar-refractivity contribution in [3.8, 4) is 0 Å². The molecule has 1 amide bonds. The van der Waals surface area contributed by atoms with Gasteiger partial charge in [0, 0.05) is 6.07 Å². The second kappa shape index (κ2) is 12.6. The molecule has 0 bridgehead atoms.